The summed E-state index contributed by atoms with van der Waals surface area (Å²) >= 11 is 0. The lowest BCUT2D eigenvalue weighted by molar-refractivity contribution is -0.123. The van der Waals surface area contributed by atoms with Crippen molar-refractivity contribution in [3.05, 3.63) is 106 Å². The number of nitrogens with zero attached hydrogens (tertiary/aromatic N) is 1. The zero-order valence-electron chi connectivity index (χ0n) is 22.6. The third-order valence-corrected chi connectivity index (χ3v) is 6.77. The van der Waals surface area contributed by atoms with Crippen LogP contribution in [0, 0.1) is 18.6 Å². The first-order valence-corrected chi connectivity index (χ1v) is 13.1. The van der Waals surface area contributed by atoms with E-state index in [-0.39, 0.29) is 17.5 Å². The standard InChI is InChI=1S/C32H34F2N2O3/c1-21-18-23(33)9-12-26(21)28-7-4-6-22-19-24(37)10-13-27(22)32(28)29-14-11-25(20-30(29)34)39-17-16-35-15-5-8-31(38)36(2)3/h5,8-14,18-20,35,37H,4,6-7,15-17H2,1-3H3/b8-5+. The molecule has 39 heavy (non-hydrogen) atoms. The van der Waals surface area contributed by atoms with Crippen LogP contribution in [-0.2, 0) is 11.2 Å². The molecule has 1 aliphatic rings. The summed E-state index contributed by atoms with van der Waals surface area (Å²) < 4.78 is 35.4. The average Bonchev–Trinajstić information content (AvgIpc) is 3.07. The number of aryl methyl sites for hydroxylation is 2. The van der Waals surface area contributed by atoms with Crippen LogP contribution < -0.4 is 10.1 Å². The third kappa shape index (κ3) is 6.92. The number of allylic oxidation sites excluding steroid dienone is 1. The van der Waals surface area contributed by atoms with Crippen LogP contribution in [0.25, 0.3) is 11.1 Å². The predicted octanol–water partition coefficient (Wildman–Crippen LogP) is 5.89. The van der Waals surface area contributed by atoms with Gasteiger partial charge in [0.15, 0.2) is 0 Å². The van der Waals surface area contributed by atoms with E-state index in [0.717, 1.165) is 46.2 Å². The number of hydrogen-bond acceptors (Lipinski definition) is 4. The van der Waals surface area contributed by atoms with Crippen molar-refractivity contribution in [2.75, 3.05) is 33.8 Å². The van der Waals surface area contributed by atoms with Gasteiger partial charge in [0.1, 0.15) is 29.7 Å². The first-order chi connectivity index (χ1) is 18.7. The highest BCUT2D eigenvalue weighted by molar-refractivity contribution is 6.00. The van der Waals surface area contributed by atoms with Gasteiger partial charge in [-0.1, -0.05) is 18.2 Å². The Morgan fingerprint density at radius 1 is 1.03 bits per heavy atom. The van der Waals surface area contributed by atoms with Crippen LogP contribution in [0.1, 0.15) is 40.7 Å². The van der Waals surface area contributed by atoms with Gasteiger partial charge in [0.25, 0.3) is 0 Å². The molecule has 0 unspecified atom stereocenters. The van der Waals surface area contributed by atoms with Gasteiger partial charge in [0.05, 0.1) is 0 Å². The molecule has 0 saturated carbocycles. The number of carbonyl (C=O) groups is 1. The highest BCUT2D eigenvalue weighted by atomic mass is 19.1. The Hall–Kier alpha value is -3.97. The number of rotatable bonds is 9. The largest absolute Gasteiger partial charge is 0.508 e. The van der Waals surface area contributed by atoms with Gasteiger partial charge in [-0.2, -0.15) is 0 Å². The molecular weight excluding hydrogens is 498 g/mol. The third-order valence-electron chi connectivity index (χ3n) is 6.77. The number of ether oxygens (including phenoxy) is 1. The van der Waals surface area contributed by atoms with Crippen molar-refractivity contribution in [2.24, 2.45) is 0 Å². The number of phenolic OH excluding ortho intramolecular Hbond substituents is 1. The molecule has 0 bridgehead atoms. The number of benzene rings is 3. The average molecular weight is 533 g/mol. The highest BCUT2D eigenvalue weighted by Gasteiger charge is 2.24. The van der Waals surface area contributed by atoms with E-state index in [0.29, 0.717) is 37.4 Å². The van der Waals surface area contributed by atoms with Gasteiger partial charge >= 0.3 is 0 Å². The van der Waals surface area contributed by atoms with Gasteiger partial charge in [0.2, 0.25) is 5.91 Å². The molecule has 0 saturated heterocycles. The number of likely N-dealkylation sites (N-methyl/N-ethyl adjacent to an activating group) is 1. The van der Waals surface area contributed by atoms with Gasteiger partial charge < -0.3 is 20.1 Å². The number of phenols is 1. The maximum absolute atomic E-state index is 15.7. The van der Waals surface area contributed by atoms with Crippen LogP contribution in [0.2, 0.25) is 0 Å². The second-order valence-corrected chi connectivity index (χ2v) is 9.84. The fourth-order valence-electron chi connectivity index (χ4n) is 4.84. The first-order valence-electron chi connectivity index (χ1n) is 13.1. The second-order valence-electron chi connectivity index (χ2n) is 9.84. The van der Waals surface area contributed by atoms with E-state index in [1.165, 1.54) is 29.2 Å². The van der Waals surface area contributed by atoms with E-state index in [4.69, 9.17) is 4.74 Å². The summed E-state index contributed by atoms with van der Waals surface area (Å²) in [5.74, 6) is -0.218. The normalized spacial score (nSPS) is 13.4. The topological polar surface area (TPSA) is 61.8 Å². The molecule has 0 fully saturated rings. The number of nitrogens with one attached hydrogen (secondary N) is 1. The summed E-state index contributed by atoms with van der Waals surface area (Å²) in [4.78, 5) is 13.0. The molecule has 2 N–H and O–H groups in total. The fraction of sp³-hybridized carbons (Fsp3) is 0.281. The minimum absolute atomic E-state index is 0.0791. The lowest BCUT2D eigenvalue weighted by atomic mass is 9.86. The van der Waals surface area contributed by atoms with Gasteiger partial charge in [-0.05, 0) is 96.0 Å². The number of hydrogen-bond donors (Lipinski definition) is 2. The maximum atomic E-state index is 15.7. The monoisotopic (exact) mass is 532 g/mol. The summed E-state index contributed by atoms with van der Waals surface area (Å²) in [6.45, 7) is 3.24. The van der Waals surface area contributed by atoms with Crippen molar-refractivity contribution >= 4 is 17.1 Å². The summed E-state index contributed by atoms with van der Waals surface area (Å²) in [6, 6.07) is 14.8. The molecule has 1 amide bonds. The smallest absolute Gasteiger partial charge is 0.245 e. The zero-order chi connectivity index (χ0) is 27.9. The lowest BCUT2D eigenvalue weighted by Gasteiger charge is -2.19. The molecule has 1 aliphatic carbocycles. The highest BCUT2D eigenvalue weighted by Crippen LogP contribution is 2.42. The fourth-order valence-corrected chi connectivity index (χ4v) is 4.84. The quantitative estimate of drug-likeness (QED) is 0.267. The molecule has 0 aromatic heterocycles. The number of carbonyl (C=O) groups excluding carboxylic acids is 1. The van der Waals surface area contributed by atoms with Crippen LogP contribution in [0.15, 0.2) is 66.7 Å². The first kappa shape index (κ1) is 28.0. The number of amides is 1. The Morgan fingerprint density at radius 3 is 2.54 bits per heavy atom. The minimum atomic E-state index is -0.418. The van der Waals surface area contributed by atoms with Crippen LogP contribution in [0.3, 0.4) is 0 Å². The maximum Gasteiger partial charge on any atom is 0.245 e. The van der Waals surface area contributed by atoms with Crippen LogP contribution >= 0.6 is 0 Å². The molecule has 3 aromatic rings. The van der Waals surface area contributed by atoms with Crippen molar-refractivity contribution in [1.29, 1.82) is 0 Å². The summed E-state index contributed by atoms with van der Waals surface area (Å²) in [5, 5.41) is 13.3. The van der Waals surface area contributed by atoms with Crippen molar-refractivity contribution in [3.63, 3.8) is 0 Å². The Bertz CT molecular complexity index is 1410. The number of aromatic hydroxyl groups is 1. The van der Waals surface area contributed by atoms with E-state index in [2.05, 4.69) is 5.32 Å². The SMILES string of the molecule is Cc1cc(F)ccc1C1=C(c2ccc(OCCNC/C=C/C(=O)N(C)C)cc2F)c2ccc(O)cc2CCC1. The van der Waals surface area contributed by atoms with E-state index in [1.807, 2.05) is 13.0 Å². The van der Waals surface area contributed by atoms with E-state index < -0.39 is 5.82 Å². The van der Waals surface area contributed by atoms with Crippen LogP contribution in [0.4, 0.5) is 8.78 Å². The van der Waals surface area contributed by atoms with Crippen molar-refractivity contribution < 1.29 is 23.4 Å². The molecule has 0 radical (unpaired) electrons. The Labute approximate surface area is 228 Å². The molecule has 0 spiro atoms. The molecule has 0 aliphatic heterocycles. The van der Waals surface area contributed by atoms with Gasteiger partial charge in [-0.25, -0.2) is 8.78 Å². The van der Waals surface area contributed by atoms with Crippen molar-refractivity contribution in [2.45, 2.75) is 26.2 Å². The molecule has 4 rings (SSSR count). The van der Waals surface area contributed by atoms with E-state index >= 15 is 4.39 Å². The number of halogens is 2. The Balaban J connectivity index is 1.59. The Morgan fingerprint density at radius 2 is 1.79 bits per heavy atom. The molecule has 204 valence electrons. The van der Waals surface area contributed by atoms with Crippen molar-refractivity contribution in [1.82, 2.24) is 10.2 Å². The molecule has 3 aromatic carbocycles. The molecular formula is C32H34F2N2O3. The van der Waals surface area contributed by atoms with E-state index in [1.54, 1.807) is 50.5 Å². The Kier molecular flexibility index (Phi) is 9.15. The van der Waals surface area contributed by atoms with Gasteiger partial charge in [0, 0.05) is 44.9 Å². The molecule has 7 heteroatoms. The molecule has 0 atom stereocenters. The van der Waals surface area contributed by atoms with E-state index in [9.17, 15) is 14.3 Å². The summed E-state index contributed by atoms with van der Waals surface area (Å²) in [7, 11) is 3.39. The van der Waals surface area contributed by atoms with Gasteiger partial charge in [-0.15, -0.1) is 0 Å². The van der Waals surface area contributed by atoms with Crippen LogP contribution in [-0.4, -0.2) is 49.7 Å². The zero-order valence-corrected chi connectivity index (χ0v) is 22.6. The van der Waals surface area contributed by atoms with Crippen molar-refractivity contribution in [3.8, 4) is 11.5 Å². The lowest BCUT2D eigenvalue weighted by Crippen LogP contribution is -2.22. The minimum Gasteiger partial charge on any atom is -0.508 e. The van der Waals surface area contributed by atoms with Gasteiger partial charge in [-0.3, -0.25) is 4.79 Å². The van der Waals surface area contributed by atoms with Crippen LogP contribution in [0.5, 0.6) is 11.5 Å². The summed E-state index contributed by atoms with van der Waals surface area (Å²) in [5.41, 5.74) is 5.63. The second kappa shape index (κ2) is 12.7. The molecule has 5 nitrogen and oxygen atoms in total. The summed E-state index contributed by atoms with van der Waals surface area (Å²) in [6.07, 6.45) is 5.50. The number of fused-ring (bicyclic) bond motifs is 1. The molecule has 0 heterocycles. The predicted molar refractivity (Wildman–Crippen MR) is 151 cm³/mol.